The van der Waals surface area contributed by atoms with Crippen LogP contribution in [0.15, 0.2) is 30.5 Å². The zero-order valence-electron chi connectivity index (χ0n) is 16.7. The summed E-state index contributed by atoms with van der Waals surface area (Å²) in [6, 6.07) is 7.61. The van der Waals surface area contributed by atoms with E-state index >= 15 is 0 Å². The molecule has 156 valence electrons. The van der Waals surface area contributed by atoms with Crippen LogP contribution in [0.4, 0.5) is 5.69 Å². The van der Waals surface area contributed by atoms with Crippen LogP contribution in [-0.4, -0.2) is 32.2 Å². The smallest absolute Gasteiger partial charge is 0.211 e. The van der Waals surface area contributed by atoms with Crippen molar-refractivity contribution in [2.45, 2.75) is 58.3 Å². The molecule has 5 nitrogen and oxygen atoms in total. The van der Waals surface area contributed by atoms with Gasteiger partial charge in [0.05, 0.1) is 11.3 Å². The highest BCUT2D eigenvalue weighted by Gasteiger charge is 2.08. The summed E-state index contributed by atoms with van der Waals surface area (Å²) >= 11 is 6.01. The largest absolute Gasteiger partial charge is 0.384 e. The van der Waals surface area contributed by atoms with Gasteiger partial charge in [-0.1, -0.05) is 50.6 Å². The predicted octanol–water partition coefficient (Wildman–Crippen LogP) is 5.36. The summed E-state index contributed by atoms with van der Waals surface area (Å²) in [6.07, 6.45) is 9.98. The zero-order valence-corrected chi connectivity index (χ0v) is 18.3. The van der Waals surface area contributed by atoms with Crippen molar-refractivity contribution in [2.24, 2.45) is 0 Å². The maximum Gasteiger partial charge on any atom is 0.211 e. The first-order chi connectivity index (χ1) is 13.5. The molecule has 0 unspecified atom stereocenters. The van der Waals surface area contributed by atoms with Gasteiger partial charge >= 0.3 is 0 Å². The average molecular weight is 426 g/mol. The molecule has 0 atom stereocenters. The van der Waals surface area contributed by atoms with Crippen LogP contribution in [0.3, 0.4) is 0 Å². The van der Waals surface area contributed by atoms with Crippen LogP contribution in [0.1, 0.15) is 58.3 Å². The molecule has 0 aliphatic rings. The summed E-state index contributed by atoms with van der Waals surface area (Å²) in [5.41, 5.74) is 1.88. The van der Waals surface area contributed by atoms with Crippen molar-refractivity contribution in [3.63, 3.8) is 0 Å². The standard InChI is InChI=1S/C21H32ClN3O2S/c1-2-3-4-5-6-9-16-28(26,27)25-14-8-7-13-23-20-12-15-24-21-17-18(22)10-11-19(20)21/h10-12,15,17,25H,2-9,13-14,16H2,1H3,(H,23,24). The highest BCUT2D eigenvalue weighted by atomic mass is 35.5. The predicted molar refractivity (Wildman–Crippen MR) is 120 cm³/mol. The van der Waals surface area contributed by atoms with E-state index in [9.17, 15) is 8.42 Å². The average Bonchev–Trinajstić information content (AvgIpc) is 2.67. The topological polar surface area (TPSA) is 71.1 Å². The Hall–Kier alpha value is -1.37. The van der Waals surface area contributed by atoms with Crippen LogP contribution in [0, 0.1) is 0 Å². The lowest BCUT2D eigenvalue weighted by Gasteiger charge is -2.10. The number of nitrogens with zero attached hydrogens (tertiary/aromatic N) is 1. The van der Waals surface area contributed by atoms with E-state index in [0.29, 0.717) is 11.6 Å². The minimum absolute atomic E-state index is 0.239. The highest BCUT2D eigenvalue weighted by Crippen LogP contribution is 2.24. The summed E-state index contributed by atoms with van der Waals surface area (Å²) in [6.45, 7) is 3.45. The number of fused-ring (bicyclic) bond motifs is 1. The molecule has 28 heavy (non-hydrogen) atoms. The first-order valence-corrected chi connectivity index (χ1v) is 12.3. The Labute approximate surface area is 174 Å². The van der Waals surface area contributed by atoms with Crippen molar-refractivity contribution >= 4 is 38.2 Å². The van der Waals surface area contributed by atoms with Gasteiger partial charge in [-0.25, -0.2) is 13.1 Å². The lowest BCUT2D eigenvalue weighted by Crippen LogP contribution is -2.27. The highest BCUT2D eigenvalue weighted by molar-refractivity contribution is 7.89. The van der Waals surface area contributed by atoms with Gasteiger partial charge in [-0.3, -0.25) is 4.98 Å². The van der Waals surface area contributed by atoms with Crippen molar-refractivity contribution in [3.8, 4) is 0 Å². The van der Waals surface area contributed by atoms with Gasteiger partial charge in [0.25, 0.3) is 0 Å². The molecule has 0 aliphatic carbocycles. The summed E-state index contributed by atoms with van der Waals surface area (Å²) in [5.74, 6) is 0.239. The minimum atomic E-state index is -3.14. The van der Waals surface area contributed by atoms with E-state index in [0.717, 1.165) is 55.2 Å². The molecule has 0 spiro atoms. The second-order valence-corrected chi connectivity index (χ2v) is 9.50. The van der Waals surface area contributed by atoms with E-state index in [2.05, 4.69) is 21.9 Å². The number of anilines is 1. The number of sulfonamides is 1. The first kappa shape index (κ1) is 22.9. The molecule has 0 aliphatic heterocycles. The van der Waals surface area contributed by atoms with Gasteiger partial charge in [-0.15, -0.1) is 0 Å². The summed E-state index contributed by atoms with van der Waals surface area (Å²) in [4.78, 5) is 4.33. The Morgan fingerprint density at radius 3 is 2.54 bits per heavy atom. The molecule has 1 aromatic carbocycles. The number of benzene rings is 1. The number of pyridine rings is 1. The van der Waals surface area contributed by atoms with Gasteiger partial charge in [0, 0.05) is 35.4 Å². The molecule has 2 N–H and O–H groups in total. The van der Waals surface area contributed by atoms with Crippen LogP contribution in [-0.2, 0) is 10.0 Å². The van der Waals surface area contributed by atoms with E-state index in [1.165, 1.54) is 19.3 Å². The Kier molecular flexibility index (Phi) is 10.0. The third kappa shape index (κ3) is 8.33. The molecule has 7 heteroatoms. The van der Waals surface area contributed by atoms with Crippen LogP contribution in [0.25, 0.3) is 10.9 Å². The van der Waals surface area contributed by atoms with E-state index in [1.807, 2.05) is 24.3 Å². The molecule has 0 amide bonds. The Morgan fingerprint density at radius 2 is 1.71 bits per heavy atom. The normalized spacial score (nSPS) is 11.8. The van der Waals surface area contributed by atoms with E-state index in [1.54, 1.807) is 6.20 Å². The lowest BCUT2D eigenvalue weighted by molar-refractivity contribution is 0.568. The summed E-state index contributed by atoms with van der Waals surface area (Å²) in [5, 5.41) is 5.11. The van der Waals surface area contributed by atoms with E-state index in [4.69, 9.17) is 11.6 Å². The van der Waals surface area contributed by atoms with Crippen molar-refractivity contribution in [1.29, 1.82) is 0 Å². The van der Waals surface area contributed by atoms with Gasteiger partial charge in [0.15, 0.2) is 0 Å². The fraction of sp³-hybridized carbons (Fsp3) is 0.571. The Morgan fingerprint density at radius 1 is 0.964 bits per heavy atom. The maximum absolute atomic E-state index is 12.0. The fourth-order valence-electron chi connectivity index (χ4n) is 3.12. The lowest BCUT2D eigenvalue weighted by atomic mass is 10.1. The third-order valence-corrected chi connectivity index (χ3v) is 6.42. The van der Waals surface area contributed by atoms with Crippen molar-refractivity contribution in [2.75, 3.05) is 24.2 Å². The Bertz CT molecular complexity index is 828. The molecule has 1 aromatic heterocycles. The van der Waals surface area contributed by atoms with Crippen molar-refractivity contribution in [3.05, 3.63) is 35.5 Å². The minimum Gasteiger partial charge on any atom is -0.384 e. The third-order valence-electron chi connectivity index (χ3n) is 4.71. The molecule has 0 fully saturated rings. The number of hydrogen-bond donors (Lipinski definition) is 2. The SMILES string of the molecule is CCCCCCCCS(=O)(=O)NCCCCNc1ccnc2cc(Cl)ccc12. The van der Waals surface area contributed by atoms with Crippen LogP contribution >= 0.6 is 11.6 Å². The molecular formula is C21H32ClN3O2S. The Balaban J connectivity index is 1.62. The van der Waals surface area contributed by atoms with Gasteiger partial charge in [0.1, 0.15) is 0 Å². The monoisotopic (exact) mass is 425 g/mol. The number of rotatable bonds is 14. The molecule has 0 saturated carbocycles. The van der Waals surface area contributed by atoms with Gasteiger partial charge in [-0.2, -0.15) is 0 Å². The fourth-order valence-corrected chi connectivity index (χ4v) is 4.47. The molecule has 2 rings (SSSR count). The first-order valence-electron chi connectivity index (χ1n) is 10.3. The molecule has 0 saturated heterocycles. The quantitative estimate of drug-likeness (QED) is 0.399. The van der Waals surface area contributed by atoms with Crippen molar-refractivity contribution in [1.82, 2.24) is 9.71 Å². The number of hydrogen-bond acceptors (Lipinski definition) is 4. The molecule has 0 radical (unpaired) electrons. The van der Waals surface area contributed by atoms with Crippen LogP contribution in [0.5, 0.6) is 0 Å². The zero-order chi connectivity index (χ0) is 20.2. The van der Waals surface area contributed by atoms with Crippen molar-refractivity contribution < 1.29 is 8.42 Å². The van der Waals surface area contributed by atoms with Gasteiger partial charge in [-0.05, 0) is 43.5 Å². The number of aromatic nitrogens is 1. The van der Waals surface area contributed by atoms with Gasteiger partial charge < -0.3 is 5.32 Å². The summed E-state index contributed by atoms with van der Waals surface area (Å²) in [7, 11) is -3.14. The molecule has 0 bridgehead atoms. The number of unbranched alkanes of at least 4 members (excludes halogenated alkanes) is 6. The number of halogens is 1. The molecule has 1 heterocycles. The van der Waals surface area contributed by atoms with Gasteiger partial charge in [0.2, 0.25) is 10.0 Å². The maximum atomic E-state index is 12.0. The second kappa shape index (κ2) is 12.2. The number of nitrogens with one attached hydrogen (secondary N) is 2. The van der Waals surface area contributed by atoms with E-state index in [-0.39, 0.29) is 5.75 Å². The molecular weight excluding hydrogens is 394 g/mol. The van der Waals surface area contributed by atoms with Crippen LogP contribution in [0.2, 0.25) is 5.02 Å². The van der Waals surface area contributed by atoms with Crippen LogP contribution < -0.4 is 10.0 Å². The summed E-state index contributed by atoms with van der Waals surface area (Å²) < 4.78 is 26.7. The molecule has 2 aromatic rings. The second-order valence-electron chi connectivity index (χ2n) is 7.13. The van der Waals surface area contributed by atoms with E-state index < -0.39 is 10.0 Å².